The third-order valence-corrected chi connectivity index (χ3v) is 7.14. The molecule has 0 aliphatic rings. The molecule has 4 aromatic carbocycles. The highest BCUT2D eigenvalue weighted by atomic mass is 32.2. The van der Waals surface area contributed by atoms with Crippen molar-refractivity contribution in [3.05, 3.63) is 125 Å². The first-order chi connectivity index (χ1) is 19.9. The summed E-state index contributed by atoms with van der Waals surface area (Å²) in [6.45, 7) is 1.98. The molecule has 2 N–H and O–H groups in total. The average molecular weight is 567 g/mol. The monoisotopic (exact) mass is 566 g/mol. The smallest absolute Gasteiger partial charge is 0.272 e. The number of anilines is 1. The van der Waals surface area contributed by atoms with Gasteiger partial charge in [-0.05, 0) is 61.5 Å². The Hall–Kier alpha value is -4.82. The second-order valence-electron chi connectivity index (χ2n) is 9.04. The molecule has 4 rings (SSSR count). The standard InChI is InChI=1S/C33H30N2O5S/c1-22-9-11-23(12-10-22)30(36)21-41-28-17-14-26(15-18-28)34-33(38)29(35-32(37)24-7-5-4-6-8-24)19-25-13-16-27(39-2)20-31(25)40-3/h4-20H,21H2,1-3H3,(H,34,38)(H,35,37)/b29-19-. The van der Waals surface area contributed by atoms with Crippen LogP contribution in [0.4, 0.5) is 5.69 Å². The summed E-state index contributed by atoms with van der Waals surface area (Å²) in [7, 11) is 3.07. The van der Waals surface area contributed by atoms with Crippen LogP contribution in [0.3, 0.4) is 0 Å². The SMILES string of the molecule is COc1ccc(/C=C(\NC(=O)c2ccccc2)C(=O)Nc2ccc(SCC(=O)c3ccc(C)cc3)cc2)c(OC)c1. The lowest BCUT2D eigenvalue weighted by Crippen LogP contribution is -2.30. The first-order valence-corrected chi connectivity index (χ1v) is 13.8. The predicted octanol–water partition coefficient (Wildman–Crippen LogP) is 6.40. The van der Waals surface area contributed by atoms with E-state index in [2.05, 4.69) is 10.6 Å². The summed E-state index contributed by atoms with van der Waals surface area (Å²) in [4.78, 5) is 39.7. The number of amides is 2. The van der Waals surface area contributed by atoms with Gasteiger partial charge in [-0.3, -0.25) is 14.4 Å². The molecule has 0 spiro atoms. The molecule has 8 heteroatoms. The van der Waals surface area contributed by atoms with Gasteiger partial charge in [-0.2, -0.15) is 0 Å². The minimum Gasteiger partial charge on any atom is -0.497 e. The molecule has 0 aromatic heterocycles. The van der Waals surface area contributed by atoms with E-state index in [1.807, 2.05) is 49.4 Å². The first kappa shape index (κ1) is 29.2. The Morgan fingerprint density at radius 2 is 1.51 bits per heavy atom. The van der Waals surface area contributed by atoms with Crippen LogP contribution in [0.15, 0.2) is 108 Å². The van der Waals surface area contributed by atoms with Crippen molar-refractivity contribution in [1.82, 2.24) is 5.32 Å². The number of aryl methyl sites for hydroxylation is 1. The molecule has 0 aliphatic heterocycles. The molecule has 0 aliphatic carbocycles. The van der Waals surface area contributed by atoms with Crippen LogP contribution >= 0.6 is 11.8 Å². The van der Waals surface area contributed by atoms with Gasteiger partial charge in [0.05, 0.1) is 20.0 Å². The zero-order valence-corrected chi connectivity index (χ0v) is 23.8. The third kappa shape index (κ3) is 8.09. The summed E-state index contributed by atoms with van der Waals surface area (Å²) in [6, 6.07) is 28.5. The van der Waals surface area contributed by atoms with Crippen LogP contribution in [0.1, 0.15) is 31.8 Å². The van der Waals surface area contributed by atoms with Gasteiger partial charge in [0.25, 0.3) is 11.8 Å². The number of ether oxygens (including phenoxy) is 2. The van der Waals surface area contributed by atoms with E-state index in [4.69, 9.17) is 9.47 Å². The second kappa shape index (κ2) is 14.0. The van der Waals surface area contributed by atoms with Crippen molar-refractivity contribution in [2.24, 2.45) is 0 Å². The second-order valence-corrected chi connectivity index (χ2v) is 10.1. The summed E-state index contributed by atoms with van der Waals surface area (Å²) < 4.78 is 10.7. The number of rotatable bonds is 11. The fourth-order valence-electron chi connectivity index (χ4n) is 3.84. The van der Waals surface area contributed by atoms with Crippen molar-refractivity contribution in [1.29, 1.82) is 0 Å². The number of benzene rings is 4. The van der Waals surface area contributed by atoms with E-state index in [0.717, 1.165) is 10.5 Å². The zero-order chi connectivity index (χ0) is 29.2. The number of nitrogens with one attached hydrogen (secondary N) is 2. The zero-order valence-electron chi connectivity index (χ0n) is 23.0. The van der Waals surface area contributed by atoms with Crippen LogP contribution in [0, 0.1) is 6.92 Å². The molecule has 0 radical (unpaired) electrons. The third-order valence-electron chi connectivity index (χ3n) is 6.12. The van der Waals surface area contributed by atoms with Gasteiger partial charge in [0.15, 0.2) is 5.78 Å². The van der Waals surface area contributed by atoms with Crippen molar-refractivity contribution in [3.8, 4) is 11.5 Å². The average Bonchev–Trinajstić information content (AvgIpc) is 3.01. The quantitative estimate of drug-likeness (QED) is 0.124. The molecule has 0 heterocycles. The number of thioether (sulfide) groups is 1. The Labute approximate surface area is 243 Å². The molecular weight excluding hydrogens is 536 g/mol. The Kier molecular flexibility index (Phi) is 9.96. The molecule has 0 unspecified atom stereocenters. The maximum atomic E-state index is 13.4. The van der Waals surface area contributed by atoms with Crippen molar-refractivity contribution < 1.29 is 23.9 Å². The van der Waals surface area contributed by atoms with E-state index in [1.165, 1.54) is 18.9 Å². The van der Waals surface area contributed by atoms with Crippen molar-refractivity contribution in [3.63, 3.8) is 0 Å². The van der Waals surface area contributed by atoms with Gasteiger partial charge in [-0.15, -0.1) is 11.8 Å². The van der Waals surface area contributed by atoms with E-state index in [0.29, 0.717) is 39.6 Å². The highest BCUT2D eigenvalue weighted by Gasteiger charge is 2.17. The van der Waals surface area contributed by atoms with Crippen LogP contribution < -0.4 is 20.1 Å². The van der Waals surface area contributed by atoms with Crippen molar-refractivity contribution >= 4 is 41.1 Å². The van der Waals surface area contributed by atoms with E-state index in [9.17, 15) is 14.4 Å². The maximum Gasteiger partial charge on any atom is 0.272 e. The van der Waals surface area contributed by atoms with E-state index in [1.54, 1.807) is 67.8 Å². The van der Waals surface area contributed by atoms with Gasteiger partial charge < -0.3 is 20.1 Å². The first-order valence-electron chi connectivity index (χ1n) is 12.8. The largest absolute Gasteiger partial charge is 0.497 e. The lowest BCUT2D eigenvalue weighted by atomic mass is 10.1. The number of Topliss-reactive ketones (excluding diaryl/α,β-unsaturated/α-hetero) is 1. The Bertz CT molecular complexity index is 1550. The molecule has 0 atom stereocenters. The number of carbonyl (C=O) groups is 3. The van der Waals surface area contributed by atoms with Crippen LogP contribution in [-0.2, 0) is 4.79 Å². The summed E-state index contributed by atoms with van der Waals surface area (Å²) in [6.07, 6.45) is 1.55. The fraction of sp³-hybridized carbons (Fsp3) is 0.121. The molecule has 7 nitrogen and oxygen atoms in total. The normalized spacial score (nSPS) is 11.0. The lowest BCUT2D eigenvalue weighted by molar-refractivity contribution is -0.113. The summed E-state index contributed by atoms with van der Waals surface area (Å²) in [5.41, 5.74) is 3.34. The topological polar surface area (TPSA) is 93.7 Å². The van der Waals surface area contributed by atoms with Gasteiger partial charge in [0, 0.05) is 33.3 Å². The Morgan fingerprint density at radius 1 is 0.805 bits per heavy atom. The minimum absolute atomic E-state index is 0.0319. The van der Waals surface area contributed by atoms with Gasteiger partial charge in [0.1, 0.15) is 17.2 Å². The number of hydrogen-bond donors (Lipinski definition) is 2. The van der Waals surface area contributed by atoms with Crippen molar-refractivity contribution in [2.45, 2.75) is 11.8 Å². The van der Waals surface area contributed by atoms with Crippen molar-refractivity contribution in [2.75, 3.05) is 25.3 Å². The highest BCUT2D eigenvalue weighted by molar-refractivity contribution is 8.00. The maximum absolute atomic E-state index is 13.4. The molecular formula is C33H30N2O5S. The van der Waals surface area contributed by atoms with Crippen LogP contribution in [-0.4, -0.2) is 37.6 Å². The van der Waals surface area contributed by atoms with Gasteiger partial charge in [-0.25, -0.2) is 0 Å². The van der Waals surface area contributed by atoms with Crippen LogP contribution in [0.25, 0.3) is 6.08 Å². The van der Waals surface area contributed by atoms with Crippen LogP contribution in [0.2, 0.25) is 0 Å². The molecule has 0 bridgehead atoms. The minimum atomic E-state index is -0.512. The van der Waals surface area contributed by atoms with E-state index >= 15 is 0 Å². The lowest BCUT2D eigenvalue weighted by Gasteiger charge is -2.13. The van der Waals surface area contributed by atoms with E-state index < -0.39 is 11.8 Å². The molecule has 0 saturated carbocycles. The summed E-state index contributed by atoms with van der Waals surface area (Å²) >= 11 is 1.42. The molecule has 0 fully saturated rings. The van der Waals surface area contributed by atoms with Gasteiger partial charge >= 0.3 is 0 Å². The number of ketones is 1. The Morgan fingerprint density at radius 3 is 2.17 bits per heavy atom. The number of carbonyl (C=O) groups excluding carboxylic acids is 3. The van der Waals surface area contributed by atoms with Gasteiger partial charge in [-0.1, -0.05) is 48.0 Å². The summed E-state index contributed by atoms with van der Waals surface area (Å²) in [5, 5.41) is 5.57. The number of methoxy groups -OCH3 is 2. The van der Waals surface area contributed by atoms with E-state index in [-0.39, 0.29) is 11.5 Å². The van der Waals surface area contributed by atoms with Crippen LogP contribution in [0.5, 0.6) is 11.5 Å². The predicted molar refractivity (Wildman–Crippen MR) is 163 cm³/mol. The molecule has 0 saturated heterocycles. The fourth-order valence-corrected chi connectivity index (χ4v) is 4.63. The highest BCUT2D eigenvalue weighted by Crippen LogP contribution is 2.27. The molecule has 41 heavy (non-hydrogen) atoms. The van der Waals surface area contributed by atoms with Gasteiger partial charge in [0.2, 0.25) is 0 Å². The Balaban J connectivity index is 1.49. The molecule has 4 aromatic rings. The molecule has 208 valence electrons. The number of hydrogen-bond acceptors (Lipinski definition) is 6. The summed E-state index contributed by atoms with van der Waals surface area (Å²) in [5.74, 6) is 0.482. The molecule has 2 amide bonds.